The number of methoxy groups -OCH3 is 1. The largest absolute Gasteiger partial charge is 0.496 e. The lowest BCUT2D eigenvalue weighted by atomic mass is 10.1. The van der Waals surface area contributed by atoms with Crippen molar-refractivity contribution >= 4 is 40.9 Å². The highest BCUT2D eigenvalue weighted by molar-refractivity contribution is 7.80. The van der Waals surface area contributed by atoms with E-state index in [-0.39, 0.29) is 18.6 Å². The summed E-state index contributed by atoms with van der Waals surface area (Å²) in [5.74, 6) is 1.19. The Morgan fingerprint density at radius 3 is 2.61 bits per heavy atom. The highest BCUT2D eigenvalue weighted by Gasteiger charge is 2.34. The van der Waals surface area contributed by atoms with Gasteiger partial charge in [0, 0.05) is 10.6 Å². The van der Waals surface area contributed by atoms with Gasteiger partial charge in [0.15, 0.2) is 5.11 Å². The van der Waals surface area contributed by atoms with Crippen LogP contribution in [-0.2, 0) is 11.4 Å². The molecule has 3 aromatic carbocycles. The number of carbonyl (C=O) groups is 1. The first kappa shape index (κ1) is 22.8. The minimum atomic E-state index is -0.179. The van der Waals surface area contributed by atoms with Crippen molar-refractivity contribution in [1.82, 2.24) is 10.2 Å². The average Bonchev–Trinajstić information content (AvgIpc) is 3.10. The molecular formula is C26H23ClN2O3S. The van der Waals surface area contributed by atoms with Crippen molar-refractivity contribution in [3.63, 3.8) is 0 Å². The number of rotatable bonds is 7. The summed E-state index contributed by atoms with van der Waals surface area (Å²) in [6.07, 6.45) is 1.79. The van der Waals surface area contributed by atoms with E-state index in [9.17, 15) is 4.79 Å². The zero-order valence-electron chi connectivity index (χ0n) is 18.2. The molecule has 33 heavy (non-hydrogen) atoms. The van der Waals surface area contributed by atoms with Crippen molar-refractivity contribution in [2.24, 2.45) is 0 Å². The molecule has 3 aromatic rings. The number of nitrogens with one attached hydrogen (secondary N) is 1. The standard InChI is InChI=1S/C26H23ClN2O3S/c1-17(19-7-4-3-5-8-19)29-25(30)23(28-26(29)33)14-18-11-12-24(31-2)20(13-18)16-32-22-10-6-9-21(27)15-22/h3-15,17H,16H2,1-2H3,(H,28,33)/b23-14-. The second kappa shape index (κ2) is 10.1. The number of ether oxygens (including phenoxy) is 2. The Morgan fingerprint density at radius 2 is 1.88 bits per heavy atom. The molecule has 1 amide bonds. The Balaban J connectivity index is 1.55. The van der Waals surface area contributed by atoms with E-state index in [2.05, 4.69) is 5.32 Å². The van der Waals surface area contributed by atoms with Gasteiger partial charge in [0.1, 0.15) is 23.8 Å². The fourth-order valence-electron chi connectivity index (χ4n) is 3.67. The lowest BCUT2D eigenvalue weighted by molar-refractivity contribution is -0.123. The zero-order chi connectivity index (χ0) is 23.4. The van der Waals surface area contributed by atoms with Gasteiger partial charge < -0.3 is 14.8 Å². The van der Waals surface area contributed by atoms with Crippen LogP contribution in [0, 0.1) is 0 Å². The van der Waals surface area contributed by atoms with Crippen LogP contribution >= 0.6 is 23.8 Å². The number of hydrogen-bond acceptors (Lipinski definition) is 4. The van der Waals surface area contributed by atoms with E-state index in [1.807, 2.05) is 67.6 Å². The van der Waals surface area contributed by atoms with Crippen LogP contribution in [0.2, 0.25) is 5.02 Å². The van der Waals surface area contributed by atoms with Crippen molar-refractivity contribution in [3.8, 4) is 11.5 Å². The summed E-state index contributed by atoms with van der Waals surface area (Å²) in [4.78, 5) is 14.7. The third kappa shape index (κ3) is 5.18. The number of benzene rings is 3. The monoisotopic (exact) mass is 478 g/mol. The lowest BCUT2D eigenvalue weighted by Gasteiger charge is -2.23. The van der Waals surface area contributed by atoms with Gasteiger partial charge in [-0.05, 0) is 66.7 Å². The van der Waals surface area contributed by atoms with Crippen LogP contribution in [0.15, 0.2) is 78.5 Å². The molecule has 1 unspecified atom stereocenters. The van der Waals surface area contributed by atoms with E-state index in [0.29, 0.717) is 27.3 Å². The number of halogens is 1. The molecule has 1 saturated heterocycles. The van der Waals surface area contributed by atoms with Crippen LogP contribution in [0.4, 0.5) is 0 Å². The van der Waals surface area contributed by atoms with Gasteiger partial charge in [0.25, 0.3) is 5.91 Å². The van der Waals surface area contributed by atoms with Crippen molar-refractivity contribution in [2.75, 3.05) is 7.11 Å². The molecular weight excluding hydrogens is 456 g/mol. The van der Waals surface area contributed by atoms with Crippen LogP contribution in [0.25, 0.3) is 6.08 Å². The predicted octanol–water partition coefficient (Wildman–Crippen LogP) is 5.75. The van der Waals surface area contributed by atoms with Crippen molar-refractivity contribution < 1.29 is 14.3 Å². The van der Waals surface area contributed by atoms with E-state index in [4.69, 9.17) is 33.3 Å². The van der Waals surface area contributed by atoms with Gasteiger partial charge in [-0.3, -0.25) is 9.69 Å². The average molecular weight is 479 g/mol. The molecule has 1 aliphatic rings. The van der Waals surface area contributed by atoms with E-state index < -0.39 is 0 Å². The topological polar surface area (TPSA) is 50.8 Å². The lowest BCUT2D eigenvalue weighted by Crippen LogP contribution is -2.33. The SMILES string of the molecule is COc1ccc(/C=C2\NC(=S)N(C(C)c3ccccc3)C2=O)cc1COc1cccc(Cl)c1. The summed E-state index contributed by atoms with van der Waals surface area (Å²) in [7, 11) is 1.61. The van der Waals surface area contributed by atoms with Crippen molar-refractivity contribution in [2.45, 2.75) is 19.6 Å². The van der Waals surface area contributed by atoms with Crippen LogP contribution in [0.5, 0.6) is 11.5 Å². The Labute approximate surface area is 203 Å². The zero-order valence-corrected chi connectivity index (χ0v) is 19.8. The Bertz CT molecular complexity index is 1210. The van der Waals surface area contributed by atoms with E-state index in [0.717, 1.165) is 16.7 Å². The van der Waals surface area contributed by atoms with Crippen LogP contribution in [0.1, 0.15) is 29.7 Å². The quantitative estimate of drug-likeness (QED) is 0.346. The molecule has 7 heteroatoms. The van der Waals surface area contributed by atoms with Crippen molar-refractivity contribution in [3.05, 3.63) is 100 Å². The number of carbonyl (C=O) groups excluding carboxylic acids is 1. The number of nitrogens with zero attached hydrogens (tertiary/aromatic N) is 1. The third-order valence-corrected chi connectivity index (χ3v) is 5.92. The van der Waals surface area contributed by atoms with E-state index in [1.165, 1.54) is 0 Å². The second-order valence-electron chi connectivity index (χ2n) is 7.57. The number of amides is 1. The molecule has 1 heterocycles. The minimum Gasteiger partial charge on any atom is -0.496 e. The van der Waals surface area contributed by atoms with Gasteiger partial charge in [-0.1, -0.05) is 54.1 Å². The maximum atomic E-state index is 13.1. The van der Waals surface area contributed by atoms with Gasteiger partial charge in [0.2, 0.25) is 0 Å². The smallest absolute Gasteiger partial charge is 0.277 e. The van der Waals surface area contributed by atoms with Gasteiger partial charge in [-0.2, -0.15) is 0 Å². The van der Waals surface area contributed by atoms with E-state index >= 15 is 0 Å². The summed E-state index contributed by atoms with van der Waals surface area (Å²) in [6.45, 7) is 2.25. The number of thiocarbonyl (C=S) groups is 1. The molecule has 4 rings (SSSR count). The molecule has 0 bridgehead atoms. The highest BCUT2D eigenvalue weighted by Crippen LogP contribution is 2.28. The second-order valence-corrected chi connectivity index (χ2v) is 8.39. The first-order chi connectivity index (χ1) is 16.0. The molecule has 0 aromatic heterocycles. The van der Waals surface area contributed by atoms with Crippen molar-refractivity contribution in [1.29, 1.82) is 0 Å². The molecule has 0 spiro atoms. The maximum absolute atomic E-state index is 13.1. The molecule has 5 nitrogen and oxygen atoms in total. The first-order valence-electron chi connectivity index (χ1n) is 10.4. The number of hydrogen-bond donors (Lipinski definition) is 1. The van der Waals surface area contributed by atoms with Gasteiger partial charge in [-0.25, -0.2) is 0 Å². The fourth-order valence-corrected chi connectivity index (χ4v) is 4.20. The van der Waals surface area contributed by atoms with Crippen LogP contribution in [-0.4, -0.2) is 23.0 Å². The van der Waals surface area contributed by atoms with Crippen LogP contribution < -0.4 is 14.8 Å². The van der Waals surface area contributed by atoms with Gasteiger partial charge in [-0.15, -0.1) is 0 Å². The molecule has 1 aliphatic heterocycles. The molecule has 0 aliphatic carbocycles. The molecule has 1 fully saturated rings. The maximum Gasteiger partial charge on any atom is 0.277 e. The summed E-state index contributed by atoms with van der Waals surface area (Å²) in [5, 5.41) is 4.05. The van der Waals surface area contributed by atoms with E-state index in [1.54, 1.807) is 30.2 Å². The Morgan fingerprint density at radius 1 is 1.09 bits per heavy atom. The Kier molecular flexibility index (Phi) is 6.96. The molecule has 0 saturated carbocycles. The predicted molar refractivity (Wildman–Crippen MR) is 134 cm³/mol. The highest BCUT2D eigenvalue weighted by atomic mass is 35.5. The molecule has 0 radical (unpaired) electrons. The van der Waals surface area contributed by atoms with Gasteiger partial charge in [0.05, 0.1) is 13.2 Å². The molecule has 1 N–H and O–H groups in total. The van der Waals surface area contributed by atoms with Crippen LogP contribution in [0.3, 0.4) is 0 Å². The minimum absolute atomic E-state index is 0.163. The van der Waals surface area contributed by atoms with Gasteiger partial charge >= 0.3 is 0 Å². The normalized spacial score (nSPS) is 15.5. The summed E-state index contributed by atoms with van der Waals surface area (Å²) in [5.41, 5.74) is 3.11. The first-order valence-corrected chi connectivity index (χ1v) is 11.2. The summed E-state index contributed by atoms with van der Waals surface area (Å²) < 4.78 is 11.4. The third-order valence-electron chi connectivity index (χ3n) is 5.38. The summed E-state index contributed by atoms with van der Waals surface area (Å²) in [6, 6.07) is 22.5. The Hall–Kier alpha value is -3.35. The molecule has 168 valence electrons. The fraction of sp³-hybridized carbons (Fsp3) is 0.154. The molecule has 1 atom stereocenters. The summed E-state index contributed by atoms with van der Waals surface area (Å²) >= 11 is 11.5.